The van der Waals surface area contributed by atoms with E-state index in [1.165, 1.54) is 6.07 Å². The Balaban J connectivity index is 2.28. The van der Waals surface area contributed by atoms with Gasteiger partial charge >= 0.3 is 0 Å². The van der Waals surface area contributed by atoms with Crippen LogP contribution in [0.3, 0.4) is 0 Å². The molecule has 0 saturated carbocycles. The van der Waals surface area contributed by atoms with Crippen LogP contribution in [0.5, 0.6) is 0 Å². The number of benzene rings is 2. The van der Waals surface area contributed by atoms with Crippen molar-refractivity contribution in [3.63, 3.8) is 0 Å². The molecular weight excluding hydrogens is 335 g/mol. The van der Waals surface area contributed by atoms with Crippen LogP contribution in [0, 0.1) is 12.7 Å². The molecule has 0 heterocycles. The Morgan fingerprint density at radius 1 is 1.29 bits per heavy atom. The van der Waals surface area contributed by atoms with Crippen LogP contribution >= 0.6 is 15.9 Å². The molecule has 0 aliphatic rings. The van der Waals surface area contributed by atoms with Crippen molar-refractivity contribution in [1.29, 1.82) is 0 Å². The summed E-state index contributed by atoms with van der Waals surface area (Å²) in [5.41, 5.74) is 6.79. The summed E-state index contributed by atoms with van der Waals surface area (Å²) in [5, 5.41) is 2.69. The molecule has 0 aliphatic heterocycles. The Bertz CT molecular complexity index is 671. The topological polar surface area (TPSA) is 55.1 Å². The molecule has 21 heavy (non-hydrogen) atoms. The minimum Gasteiger partial charge on any atom is -0.324 e. The van der Waals surface area contributed by atoms with E-state index in [1.54, 1.807) is 32.0 Å². The molecule has 1 atom stereocenters. The van der Waals surface area contributed by atoms with Gasteiger partial charge in [0.25, 0.3) is 0 Å². The summed E-state index contributed by atoms with van der Waals surface area (Å²) in [6.45, 7) is 3.42. The standard InChI is InChI=1S/C16H16BrFN2O/c1-10-8-12(17)13(18)9-14(10)20-15(21)16(2,19)11-6-4-3-5-7-11/h3-9H,19H2,1-2H3,(H,20,21). The first-order valence-electron chi connectivity index (χ1n) is 6.44. The lowest BCUT2D eigenvalue weighted by Crippen LogP contribution is -2.45. The van der Waals surface area contributed by atoms with Gasteiger partial charge in [-0.3, -0.25) is 4.79 Å². The van der Waals surface area contributed by atoms with E-state index >= 15 is 0 Å². The zero-order valence-corrected chi connectivity index (χ0v) is 13.4. The van der Waals surface area contributed by atoms with E-state index in [-0.39, 0.29) is 0 Å². The van der Waals surface area contributed by atoms with Gasteiger partial charge in [-0.2, -0.15) is 0 Å². The van der Waals surface area contributed by atoms with E-state index in [0.29, 0.717) is 15.7 Å². The van der Waals surface area contributed by atoms with Crippen LogP contribution < -0.4 is 11.1 Å². The fourth-order valence-corrected chi connectivity index (χ4v) is 2.41. The Morgan fingerprint density at radius 2 is 1.90 bits per heavy atom. The second-order valence-electron chi connectivity index (χ2n) is 5.10. The van der Waals surface area contributed by atoms with E-state index in [4.69, 9.17) is 5.73 Å². The molecule has 3 nitrogen and oxygen atoms in total. The average Bonchev–Trinajstić information content (AvgIpc) is 2.45. The van der Waals surface area contributed by atoms with Crippen molar-refractivity contribution in [2.45, 2.75) is 19.4 Å². The van der Waals surface area contributed by atoms with Gasteiger partial charge in [-0.05, 0) is 53.0 Å². The smallest absolute Gasteiger partial charge is 0.248 e. The highest BCUT2D eigenvalue weighted by atomic mass is 79.9. The van der Waals surface area contributed by atoms with E-state index in [2.05, 4.69) is 21.2 Å². The van der Waals surface area contributed by atoms with Crippen LogP contribution in [-0.4, -0.2) is 5.91 Å². The summed E-state index contributed by atoms with van der Waals surface area (Å²) in [6, 6.07) is 11.9. The summed E-state index contributed by atoms with van der Waals surface area (Å²) in [4.78, 5) is 12.4. The number of hydrogen-bond acceptors (Lipinski definition) is 2. The van der Waals surface area contributed by atoms with Gasteiger partial charge < -0.3 is 11.1 Å². The number of halogens is 2. The van der Waals surface area contributed by atoms with Crippen LogP contribution in [0.1, 0.15) is 18.1 Å². The Morgan fingerprint density at radius 3 is 2.52 bits per heavy atom. The van der Waals surface area contributed by atoms with E-state index in [1.807, 2.05) is 18.2 Å². The van der Waals surface area contributed by atoms with Gasteiger partial charge in [0, 0.05) is 5.69 Å². The van der Waals surface area contributed by atoms with Gasteiger partial charge in [-0.25, -0.2) is 4.39 Å². The third-order valence-electron chi connectivity index (χ3n) is 3.36. The first-order valence-corrected chi connectivity index (χ1v) is 7.23. The lowest BCUT2D eigenvalue weighted by molar-refractivity contribution is -0.120. The third kappa shape index (κ3) is 3.31. The van der Waals surface area contributed by atoms with Crippen molar-refractivity contribution in [3.05, 3.63) is 63.9 Å². The number of aryl methyl sites for hydroxylation is 1. The van der Waals surface area contributed by atoms with Crippen molar-refractivity contribution >= 4 is 27.5 Å². The SMILES string of the molecule is Cc1cc(Br)c(F)cc1NC(=O)C(C)(N)c1ccccc1. The molecule has 3 N–H and O–H groups in total. The monoisotopic (exact) mass is 350 g/mol. The van der Waals surface area contributed by atoms with E-state index < -0.39 is 17.3 Å². The highest BCUT2D eigenvalue weighted by Gasteiger charge is 2.30. The second kappa shape index (κ2) is 5.95. The molecule has 2 aromatic carbocycles. The molecule has 0 spiro atoms. The predicted molar refractivity (Wildman–Crippen MR) is 85.4 cm³/mol. The summed E-state index contributed by atoms with van der Waals surface area (Å²) in [7, 11) is 0. The van der Waals surface area contributed by atoms with Crippen LogP contribution in [-0.2, 0) is 10.3 Å². The Hall–Kier alpha value is -1.72. The number of carbonyl (C=O) groups is 1. The average molecular weight is 351 g/mol. The van der Waals surface area contributed by atoms with Crippen molar-refractivity contribution in [3.8, 4) is 0 Å². The molecule has 0 fully saturated rings. The lowest BCUT2D eigenvalue weighted by atomic mass is 9.92. The van der Waals surface area contributed by atoms with Gasteiger partial charge in [0.2, 0.25) is 5.91 Å². The number of amides is 1. The molecule has 0 saturated heterocycles. The maximum absolute atomic E-state index is 13.6. The second-order valence-corrected chi connectivity index (χ2v) is 5.96. The van der Waals surface area contributed by atoms with Crippen LogP contribution in [0.4, 0.5) is 10.1 Å². The summed E-state index contributed by atoms with van der Waals surface area (Å²) >= 11 is 3.11. The molecule has 2 aromatic rings. The maximum Gasteiger partial charge on any atom is 0.248 e. The molecule has 2 rings (SSSR count). The molecule has 5 heteroatoms. The van der Waals surface area contributed by atoms with E-state index in [0.717, 1.165) is 5.56 Å². The van der Waals surface area contributed by atoms with Crippen molar-refractivity contribution in [2.75, 3.05) is 5.32 Å². The van der Waals surface area contributed by atoms with Crippen LogP contribution in [0.15, 0.2) is 46.9 Å². The summed E-state index contributed by atoms with van der Waals surface area (Å²) in [6.07, 6.45) is 0. The fourth-order valence-electron chi connectivity index (χ4n) is 1.95. The maximum atomic E-state index is 13.6. The number of nitrogens with two attached hydrogens (primary N) is 1. The highest BCUT2D eigenvalue weighted by molar-refractivity contribution is 9.10. The molecule has 1 unspecified atom stereocenters. The minimum atomic E-state index is -1.20. The van der Waals surface area contributed by atoms with Gasteiger partial charge in [0.05, 0.1) is 4.47 Å². The summed E-state index contributed by atoms with van der Waals surface area (Å²) < 4.78 is 14.0. The molecule has 0 radical (unpaired) electrons. The molecule has 110 valence electrons. The Kier molecular flexibility index (Phi) is 4.44. The van der Waals surface area contributed by atoms with Crippen molar-refractivity contribution in [2.24, 2.45) is 5.73 Å². The molecule has 0 aliphatic carbocycles. The normalized spacial score (nSPS) is 13.6. The first kappa shape index (κ1) is 15.7. The largest absolute Gasteiger partial charge is 0.324 e. The fraction of sp³-hybridized carbons (Fsp3) is 0.188. The lowest BCUT2D eigenvalue weighted by Gasteiger charge is -2.24. The molecular formula is C16H16BrFN2O. The highest BCUT2D eigenvalue weighted by Crippen LogP contribution is 2.26. The number of anilines is 1. The predicted octanol–water partition coefficient (Wildman–Crippen LogP) is 3.71. The zero-order chi connectivity index (χ0) is 15.6. The third-order valence-corrected chi connectivity index (χ3v) is 3.97. The number of rotatable bonds is 3. The molecule has 0 bridgehead atoms. The van der Waals surface area contributed by atoms with Crippen molar-refractivity contribution in [1.82, 2.24) is 0 Å². The van der Waals surface area contributed by atoms with Gasteiger partial charge in [0.15, 0.2) is 0 Å². The first-order chi connectivity index (χ1) is 9.82. The van der Waals surface area contributed by atoms with Gasteiger partial charge in [-0.15, -0.1) is 0 Å². The molecule has 0 aromatic heterocycles. The zero-order valence-electron chi connectivity index (χ0n) is 11.8. The van der Waals surface area contributed by atoms with Crippen LogP contribution in [0.25, 0.3) is 0 Å². The number of carbonyl (C=O) groups excluding carboxylic acids is 1. The van der Waals surface area contributed by atoms with E-state index in [9.17, 15) is 9.18 Å². The van der Waals surface area contributed by atoms with Gasteiger partial charge in [0.1, 0.15) is 11.4 Å². The number of nitrogens with one attached hydrogen (secondary N) is 1. The minimum absolute atomic E-state index is 0.358. The Labute approximate surface area is 131 Å². The van der Waals surface area contributed by atoms with Gasteiger partial charge in [-0.1, -0.05) is 30.3 Å². The van der Waals surface area contributed by atoms with Crippen molar-refractivity contribution < 1.29 is 9.18 Å². The quantitative estimate of drug-likeness (QED) is 0.886. The molecule has 1 amide bonds. The summed E-state index contributed by atoms with van der Waals surface area (Å²) in [5.74, 6) is -0.826. The van der Waals surface area contributed by atoms with Crippen LogP contribution in [0.2, 0.25) is 0 Å². The number of hydrogen-bond donors (Lipinski definition) is 2.